The molecule has 3 heterocycles. The summed E-state index contributed by atoms with van der Waals surface area (Å²) < 4.78 is 10.7. The van der Waals surface area contributed by atoms with Gasteiger partial charge in [0.2, 0.25) is 17.6 Å². The van der Waals surface area contributed by atoms with E-state index in [-0.39, 0.29) is 11.4 Å². The van der Waals surface area contributed by atoms with Crippen molar-refractivity contribution < 1.29 is 28.8 Å². The molecular formula is C18H16N2O7. The molecular weight excluding hydrogens is 356 g/mol. The summed E-state index contributed by atoms with van der Waals surface area (Å²) in [5.41, 5.74) is -2.21. The molecule has 27 heavy (non-hydrogen) atoms. The average Bonchev–Trinajstić information content (AvgIpc) is 3.11. The van der Waals surface area contributed by atoms with Gasteiger partial charge in [0, 0.05) is 13.0 Å². The smallest absolute Gasteiger partial charge is 0.313 e. The minimum Gasteiger partial charge on any atom is -0.419 e. The summed E-state index contributed by atoms with van der Waals surface area (Å²) in [4.78, 5) is 48.7. The molecule has 0 N–H and O–H groups in total. The van der Waals surface area contributed by atoms with Gasteiger partial charge in [0.1, 0.15) is 0 Å². The summed E-state index contributed by atoms with van der Waals surface area (Å²) in [6.07, 6.45) is 3.57. The van der Waals surface area contributed by atoms with Gasteiger partial charge in [0.15, 0.2) is 0 Å². The van der Waals surface area contributed by atoms with E-state index in [0.717, 1.165) is 17.9 Å². The second kappa shape index (κ2) is 5.23. The number of ether oxygens (including phenoxy) is 2. The Kier molecular flexibility index (Phi) is 3.36. The van der Waals surface area contributed by atoms with E-state index in [1.807, 2.05) is 0 Å². The first-order chi connectivity index (χ1) is 12.6. The number of nitrogens with zero attached hydrogens (tertiary/aromatic N) is 2. The maximum Gasteiger partial charge on any atom is 0.313 e. The molecule has 3 aliphatic rings. The fraction of sp³-hybridized carbons (Fsp3) is 0.389. The number of imide groups is 1. The number of esters is 1. The third-order valence-corrected chi connectivity index (χ3v) is 5.38. The van der Waals surface area contributed by atoms with E-state index < -0.39 is 51.4 Å². The fourth-order valence-corrected chi connectivity index (χ4v) is 4.31. The number of hydrogen-bond donors (Lipinski definition) is 0. The van der Waals surface area contributed by atoms with Gasteiger partial charge in [-0.25, -0.2) is 4.90 Å². The van der Waals surface area contributed by atoms with Crippen LogP contribution in [0.4, 0.5) is 11.4 Å². The summed E-state index contributed by atoms with van der Waals surface area (Å²) in [5.74, 6) is -3.27. The van der Waals surface area contributed by atoms with Crippen LogP contribution in [0.2, 0.25) is 0 Å². The van der Waals surface area contributed by atoms with Gasteiger partial charge in [-0.1, -0.05) is 12.2 Å². The molecule has 0 saturated carbocycles. The van der Waals surface area contributed by atoms with Gasteiger partial charge in [0.05, 0.1) is 33.6 Å². The van der Waals surface area contributed by atoms with Crippen LogP contribution in [0.15, 0.2) is 30.4 Å². The van der Waals surface area contributed by atoms with Crippen molar-refractivity contribution in [2.75, 3.05) is 4.90 Å². The molecule has 9 nitrogen and oxygen atoms in total. The lowest BCUT2D eigenvalue weighted by Crippen LogP contribution is -2.39. The largest absolute Gasteiger partial charge is 0.419 e. The zero-order valence-electron chi connectivity index (χ0n) is 14.8. The first-order valence-electron chi connectivity index (χ1n) is 8.33. The molecule has 0 radical (unpaired) electrons. The first kappa shape index (κ1) is 17.3. The summed E-state index contributed by atoms with van der Waals surface area (Å²) >= 11 is 0. The van der Waals surface area contributed by atoms with Crippen LogP contribution in [0, 0.1) is 22.0 Å². The van der Waals surface area contributed by atoms with Crippen molar-refractivity contribution in [3.8, 4) is 5.75 Å². The molecule has 4 rings (SSSR count). The second-order valence-corrected chi connectivity index (χ2v) is 7.27. The highest BCUT2D eigenvalue weighted by molar-refractivity contribution is 6.23. The van der Waals surface area contributed by atoms with Gasteiger partial charge in [-0.05, 0) is 26.0 Å². The predicted octanol–water partition coefficient (Wildman–Crippen LogP) is 1.74. The Balaban J connectivity index is 1.76. The van der Waals surface area contributed by atoms with Crippen molar-refractivity contribution in [1.29, 1.82) is 0 Å². The molecule has 2 saturated heterocycles. The Hall–Kier alpha value is -3.07. The molecule has 9 heteroatoms. The lowest BCUT2D eigenvalue weighted by atomic mass is 9.73. The van der Waals surface area contributed by atoms with E-state index in [1.165, 1.54) is 12.1 Å². The van der Waals surface area contributed by atoms with Gasteiger partial charge >= 0.3 is 11.7 Å². The standard InChI is InChI=1S/C18H16N2O7/c1-9(21)26-12-5-4-10(8-11(12)20(24)25)19-15(22)13-14(16(19)23)18(3)7-6-17(13,2)27-18/h4-8,13-14H,1-3H3/t13-,14-,17+,18+/m0/s1. The van der Waals surface area contributed by atoms with Gasteiger partial charge in [-0.15, -0.1) is 0 Å². The summed E-state index contributed by atoms with van der Waals surface area (Å²) in [6.45, 7) is 4.62. The predicted molar refractivity (Wildman–Crippen MR) is 90.9 cm³/mol. The molecule has 1 aromatic carbocycles. The molecule has 140 valence electrons. The minimum absolute atomic E-state index is 0.0635. The highest BCUT2D eigenvalue weighted by Gasteiger charge is 2.70. The average molecular weight is 372 g/mol. The monoisotopic (exact) mass is 372 g/mol. The van der Waals surface area contributed by atoms with Crippen LogP contribution < -0.4 is 9.64 Å². The van der Waals surface area contributed by atoms with E-state index >= 15 is 0 Å². The zero-order chi connectivity index (χ0) is 19.7. The molecule has 0 aromatic heterocycles. The Labute approximate surface area is 153 Å². The number of fused-ring (bicyclic) bond motifs is 5. The molecule has 0 aliphatic carbocycles. The van der Waals surface area contributed by atoms with Gasteiger partial charge in [-0.2, -0.15) is 0 Å². The molecule has 0 unspecified atom stereocenters. The zero-order valence-corrected chi connectivity index (χ0v) is 14.8. The number of carbonyl (C=O) groups excluding carboxylic acids is 3. The Bertz CT molecular complexity index is 919. The highest BCUT2D eigenvalue weighted by atomic mass is 16.6. The van der Waals surface area contributed by atoms with Crippen molar-refractivity contribution in [1.82, 2.24) is 0 Å². The van der Waals surface area contributed by atoms with Gasteiger partial charge in [0.25, 0.3) is 0 Å². The van der Waals surface area contributed by atoms with Crippen molar-refractivity contribution >= 4 is 29.2 Å². The summed E-state index contributed by atoms with van der Waals surface area (Å²) in [7, 11) is 0. The van der Waals surface area contributed by atoms with E-state index in [2.05, 4.69) is 0 Å². The lowest BCUT2D eigenvalue weighted by molar-refractivity contribution is -0.385. The molecule has 0 spiro atoms. The van der Waals surface area contributed by atoms with Gasteiger partial charge < -0.3 is 9.47 Å². The highest BCUT2D eigenvalue weighted by Crippen LogP contribution is 2.57. The number of hydrogen-bond acceptors (Lipinski definition) is 7. The van der Waals surface area contributed by atoms with Crippen LogP contribution in [-0.4, -0.2) is 33.9 Å². The number of nitro benzene ring substituents is 1. The Morgan fingerprint density at radius 3 is 2.22 bits per heavy atom. The normalized spacial score (nSPS) is 33.5. The van der Waals surface area contributed by atoms with Crippen molar-refractivity contribution in [3.63, 3.8) is 0 Å². The summed E-state index contributed by atoms with van der Waals surface area (Å²) in [6, 6.07) is 3.62. The SMILES string of the molecule is CC(=O)Oc1ccc(N2C(=O)[C@@H]3[C@@H](C2=O)[C@@]2(C)C=C[C@@]3(C)O2)cc1[N+](=O)[O-]. The summed E-state index contributed by atoms with van der Waals surface area (Å²) in [5, 5.41) is 11.3. The first-order valence-corrected chi connectivity index (χ1v) is 8.33. The number of carbonyl (C=O) groups is 3. The third kappa shape index (κ3) is 2.24. The number of rotatable bonds is 3. The van der Waals surface area contributed by atoms with Crippen molar-refractivity contribution in [3.05, 3.63) is 40.5 Å². The quantitative estimate of drug-likeness (QED) is 0.198. The van der Waals surface area contributed by atoms with Crippen LogP contribution in [0.25, 0.3) is 0 Å². The Morgan fingerprint density at radius 1 is 1.19 bits per heavy atom. The number of anilines is 1. The maximum absolute atomic E-state index is 13.0. The topological polar surface area (TPSA) is 116 Å². The molecule has 2 amide bonds. The van der Waals surface area contributed by atoms with E-state index in [0.29, 0.717) is 0 Å². The molecule has 1 aromatic rings. The number of nitro groups is 1. The van der Waals surface area contributed by atoms with Crippen LogP contribution in [0.1, 0.15) is 20.8 Å². The molecule has 3 aliphatic heterocycles. The number of benzene rings is 1. The molecule has 4 atom stereocenters. The van der Waals surface area contributed by atoms with Crippen LogP contribution >= 0.6 is 0 Å². The number of amides is 2. The third-order valence-electron chi connectivity index (χ3n) is 5.38. The maximum atomic E-state index is 13.0. The second-order valence-electron chi connectivity index (χ2n) is 7.27. The fourth-order valence-electron chi connectivity index (χ4n) is 4.31. The Morgan fingerprint density at radius 2 is 1.74 bits per heavy atom. The van der Waals surface area contributed by atoms with Crippen LogP contribution in [0.3, 0.4) is 0 Å². The van der Waals surface area contributed by atoms with Crippen LogP contribution in [-0.2, 0) is 19.1 Å². The van der Waals surface area contributed by atoms with E-state index in [1.54, 1.807) is 26.0 Å². The van der Waals surface area contributed by atoms with Crippen molar-refractivity contribution in [2.24, 2.45) is 11.8 Å². The molecule has 2 fully saturated rings. The van der Waals surface area contributed by atoms with Crippen molar-refractivity contribution in [2.45, 2.75) is 32.0 Å². The molecule has 2 bridgehead atoms. The van der Waals surface area contributed by atoms with Gasteiger partial charge in [-0.3, -0.25) is 24.5 Å². The minimum atomic E-state index is -0.884. The lowest BCUT2D eigenvalue weighted by Gasteiger charge is -2.25. The van der Waals surface area contributed by atoms with Crippen LogP contribution in [0.5, 0.6) is 5.75 Å². The van der Waals surface area contributed by atoms with E-state index in [4.69, 9.17) is 9.47 Å². The van der Waals surface area contributed by atoms with E-state index in [9.17, 15) is 24.5 Å².